The lowest BCUT2D eigenvalue weighted by Gasteiger charge is -2.11. The van der Waals surface area contributed by atoms with Crippen LogP contribution in [0.5, 0.6) is 5.75 Å². The monoisotopic (exact) mass is 380 g/mol. The molecule has 0 radical (unpaired) electrons. The van der Waals surface area contributed by atoms with Crippen LogP contribution in [0.1, 0.15) is 36.8 Å². The normalized spacial score (nSPS) is 14.6. The van der Waals surface area contributed by atoms with Gasteiger partial charge in [-0.15, -0.1) is 0 Å². The van der Waals surface area contributed by atoms with E-state index in [1.165, 1.54) is 0 Å². The quantitative estimate of drug-likeness (QED) is 0.573. The molecule has 0 aliphatic heterocycles. The Balaban J connectivity index is 1.59. The summed E-state index contributed by atoms with van der Waals surface area (Å²) in [5.74, 6) is 0.420. The van der Waals surface area contributed by atoms with Gasteiger partial charge in [-0.25, -0.2) is 0 Å². The number of ether oxygens (including phenoxy) is 1. The summed E-state index contributed by atoms with van der Waals surface area (Å²) in [6, 6.07) is 17.0. The van der Waals surface area contributed by atoms with Crippen LogP contribution in [-0.2, 0) is 11.4 Å². The van der Waals surface area contributed by atoms with Gasteiger partial charge in [-0.2, -0.15) is 5.26 Å². The molecule has 1 fully saturated rings. The first-order valence-corrected chi connectivity index (χ1v) is 9.42. The van der Waals surface area contributed by atoms with Gasteiger partial charge in [0.1, 0.15) is 24.0 Å². The molecule has 0 atom stereocenters. The van der Waals surface area contributed by atoms with Gasteiger partial charge in [0.05, 0.1) is 0 Å². The van der Waals surface area contributed by atoms with E-state index in [-0.39, 0.29) is 17.5 Å². The van der Waals surface area contributed by atoms with Gasteiger partial charge >= 0.3 is 0 Å². The summed E-state index contributed by atoms with van der Waals surface area (Å²) in [6.45, 7) is 0.444. The molecular formula is C22H21ClN2O2. The van der Waals surface area contributed by atoms with Gasteiger partial charge in [0.25, 0.3) is 5.91 Å². The average Bonchev–Trinajstić information content (AvgIpc) is 3.19. The third-order valence-corrected chi connectivity index (χ3v) is 4.82. The largest absolute Gasteiger partial charge is 0.489 e. The predicted octanol–water partition coefficient (Wildman–Crippen LogP) is 4.88. The Labute approximate surface area is 164 Å². The van der Waals surface area contributed by atoms with Crippen molar-refractivity contribution in [1.29, 1.82) is 5.26 Å². The number of hydrogen-bond acceptors (Lipinski definition) is 3. The third kappa shape index (κ3) is 5.60. The molecule has 0 bridgehead atoms. The van der Waals surface area contributed by atoms with Crippen LogP contribution in [0.4, 0.5) is 0 Å². The van der Waals surface area contributed by atoms with E-state index < -0.39 is 0 Å². The highest BCUT2D eigenvalue weighted by molar-refractivity contribution is 6.30. The minimum atomic E-state index is -0.299. The number of rotatable bonds is 6. The molecule has 4 nitrogen and oxygen atoms in total. The molecule has 1 amide bonds. The van der Waals surface area contributed by atoms with Crippen molar-refractivity contribution in [1.82, 2.24) is 5.32 Å². The van der Waals surface area contributed by atoms with Crippen molar-refractivity contribution in [2.75, 3.05) is 0 Å². The first-order chi connectivity index (χ1) is 13.1. The molecule has 138 valence electrons. The minimum Gasteiger partial charge on any atom is -0.489 e. The lowest BCUT2D eigenvalue weighted by atomic mass is 10.1. The number of nitriles is 1. The fraction of sp³-hybridized carbons (Fsp3) is 0.273. The molecule has 3 rings (SSSR count). The van der Waals surface area contributed by atoms with Gasteiger partial charge < -0.3 is 10.1 Å². The van der Waals surface area contributed by atoms with Crippen LogP contribution >= 0.6 is 11.6 Å². The molecule has 2 aromatic carbocycles. The van der Waals surface area contributed by atoms with Crippen molar-refractivity contribution in [3.63, 3.8) is 0 Å². The number of nitrogens with zero attached hydrogens (tertiary/aromatic N) is 1. The number of hydrogen-bond donors (Lipinski definition) is 1. The van der Waals surface area contributed by atoms with Crippen LogP contribution < -0.4 is 10.1 Å². The zero-order valence-electron chi connectivity index (χ0n) is 15.0. The maximum Gasteiger partial charge on any atom is 0.262 e. The fourth-order valence-corrected chi connectivity index (χ4v) is 3.18. The van der Waals surface area contributed by atoms with E-state index in [1.807, 2.05) is 54.6 Å². The summed E-state index contributed by atoms with van der Waals surface area (Å²) >= 11 is 5.87. The lowest BCUT2D eigenvalue weighted by molar-refractivity contribution is -0.117. The number of carbonyl (C=O) groups excluding carboxylic acids is 1. The average molecular weight is 381 g/mol. The van der Waals surface area contributed by atoms with Crippen molar-refractivity contribution in [2.24, 2.45) is 0 Å². The molecule has 5 heteroatoms. The van der Waals surface area contributed by atoms with E-state index in [2.05, 4.69) is 5.32 Å². The lowest BCUT2D eigenvalue weighted by Crippen LogP contribution is -2.33. The highest BCUT2D eigenvalue weighted by Crippen LogP contribution is 2.19. The number of halogens is 1. The van der Waals surface area contributed by atoms with Gasteiger partial charge in [0.15, 0.2) is 0 Å². The van der Waals surface area contributed by atoms with Crippen LogP contribution in [0, 0.1) is 11.3 Å². The smallest absolute Gasteiger partial charge is 0.262 e. The number of nitrogens with one attached hydrogen (secondary N) is 1. The molecule has 0 spiro atoms. The Morgan fingerprint density at radius 2 is 1.81 bits per heavy atom. The third-order valence-electron chi connectivity index (χ3n) is 4.57. The van der Waals surface area contributed by atoms with Gasteiger partial charge in [0, 0.05) is 11.1 Å². The first kappa shape index (κ1) is 19.0. The SMILES string of the molecule is N#C/C(=C/c1ccc(OCc2ccc(Cl)cc2)cc1)C(=O)NC1CCCC1. The van der Waals surface area contributed by atoms with Crippen LogP contribution in [0.25, 0.3) is 6.08 Å². The van der Waals surface area contributed by atoms with Crippen LogP contribution in [-0.4, -0.2) is 11.9 Å². The van der Waals surface area contributed by atoms with Gasteiger partial charge in [-0.05, 0) is 54.3 Å². The summed E-state index contributed by atoms with van der Waals surface area (Å²) in [4.78, 5) is 12.2. The molecule has 0 heterocycles. The number of carbonyl (C=O) groups is 1. The van der Waals surface area contributed by atoms with Gasteiger partial charge in [0.2, 0.25) is 0 Å². The molecule has 1 saturated carbocycles. The first-order valence-electron chi connectivity index (χ1n) is 9.04. The summed E-state index contributed by atoms with van der Waals surface area (Å²) in [5, 5.41) is 12.9. The predicted molar refractivity (Wildman–Crippen MR) is 106 cm³/mol. The van der Waals surface area contributed by atoms with E-state index in [0.717, 1.165) is 42.6 Å². The van der Waals surface area contributed by atoms with Gasteiger partial charge in [-0.3, -0.25) is 4.79 Å². The second-order valence-corrected chi connectivity index (χ2v) is 7.05. The standard InChI is InChI=1S/C22H21ClN2O2/c23-19-9-5-17(6-10-19)15-27-21-11-7-16(8-12-21)13-18(14-24)22(26)25-20-3-1-2-4-20/h5-13,20H,1-4,15H2,(H,25,26)/b18-13-. The molecule has 0 aromatic heterocycles. The summed E-state index contributed by atoms with van der Waals surface area (Å²) in [6.07, 6.45) is 5.85. The van der Waals surface area contributed by atoms with E-state index in [9.17, 15) is 10.1 Å². The van der Waals surface area contributed by atoms with Crippen molar-refractivity contribution in [3.05, 3.63) is 70.3 Å². The van der Waals surface area contributed by atoms with E-state index in [0.29, 0.717) is 11.6 Å². The van der Waals surface area contributed by atoms with Crippen molar-refractivity contribution < 1.29 is 9.53 Å². The Morgan fingerprint density at radius 3 is 2.44 bits per heavy atom. The topological polar surface area (TPSA) is 62.1 Å². The molecular weight excluding hydrogens is 360 g/mol. The zero-order valence-corrected chi connectivity index (χ0v) is 15.7. The van der Waals surface area contributed by atoms with Gasteiger partial charge in [-0.1, -0.05) is 48.7 Å². The Morgan fingerprint density at radius 1 is 1.15 bits per heavy atom. The van der Waals surface area contributed by atoms with E-state index in [1.54, 1.807) is 6.08 Å². The van der Waals surface area contributed by atoms with Crippen molar-refractivity contribution in [3.8, 4) is 11.8 Å². The van der Waals surface area contributed by atoms with Crippen LogP contribution in [0.3, 0.4) is 0 Å². The molecule has 1 aliphatic carbocycles. The number of benzene rings is 2. The second kappa shape index (κ2) is 9.25. The van der Waals surface area contributed by atoms with E-state index in [4.69, 9.17) is 16.3 Å². The Bertz CT molecular complexity index is 845. The summed E-state index contributed by atoms with van der Waals surface area (Å²) < 4.78 is 5.75. The molecule has 27 heavy (non-hydrogen) atoms. The summed E-state index contributed by atoms with van der Waals surface area (Å²) in [5.41, 5.74) is 1.93. The van der Waals surface area contributed by atoms with Crippen LogP contribution in [0.2, 0.25) is 5.02 Å². The minimum absolute atomic E-state index is 0.122. The summed E-state index contributed by atoms with van der Waals surface area (Å²) in [7, 11) is 0. The Hall–Kier alpha value is -2.77. The maximum absolute atomic E-state index is 12.2. The van der Waals surface area contributed by atoms with Crippen LogP contribution in [0.15, 0.2) is 54.1 Å². The molecule has 2 aromatic rings. The Kier molecular flexibility index (Phi) is 6.51. The molecule has 1 N–H and O–H groups in total. The molecule has 1 aliphatic rings. The van der Waals surface area contributed by atoms with Crippen molar-refractivity contribution >= 4 is 23.6 Å². The highest BCUT2D eigenvalue weighted by Gasteiger charge is 2.19. The fourth-order valence-electron chi connectivity index (χ4n) is 3.06. The molecule has 0 unspecified atom stereocenters. The second-order valence-electron chi connectivity index (χ2n) is 6.61. The number of amides is 1. The van der Waals surface area contributed by atoms with E-state index >= 15 is 0 Å². The molecule has 0 saturated heterocycles. The zero-order chi connectivity index (χ0) is 19.1. The van der Waals surface area contributed by atoms with Crippen molar-refractivity contribution in [2.45, 2.75) is 38.3 Å². The maximum atomic E-state index is 12.2. The highest BCUT2D eigenvalue weighted by atomic mass is 35.5.